The smallest absolute Gasteiger partial charge is 1.00 e. The fourth-order valence-electron chi connectivity index (χ4n) is 9.42. The van der Waals surface area contributed by atoms with E-state index in [-0.39, 0.29) is 59.6 Å². The van der Waals surface area contributed by atoms with E-state index in [1.165, 1.54) is 32.3 Å². The molecule has 11 heteroatoms. The molecule has 4 aromatic carbocycles. The van der Waals surface area contributed by atoms with Crippen LogP contribution in [0.1, 0.15) is 22.8 Å². The Morgan fingerprint density at radius 1 is 0.385 bits per heavy atom. The van der Waals surface area contributed by atoms with E-state index in [4.69, 9.17) is 9.97 Å². The van der Waals surface area contributed by atoms with Crippen LogP contribution in [0.15, 0.2) is 152 Å². The summed E-state index contributed by atoms with van der Waals surface area (Å²) in [7, 11) is 6.15. The van der Waals surface area contributed by atoms with Gasteiger partial charge in [0.25, 0.3) is 0 Å². The van der Waals surface area contributed by atoms with Crippen LogP contribution in [0.2, 0.25) is 0 Å². The molecule has 0 fully saturated rings. The molecular formula is C54H40AuCl3N7+3. The van der Waals surface area contributed by atoms with Crippen LogP contribution in [0.5, 0.6) is 0 Å². The summed E-state index contributed by atoms with van der Waals surface area (Å²) < 4.78 is 6.21. The van der Waals surface area contributed by atoms with E-state index >= 15 is 0 Å². The van der Waals surface area contributed by atoms with Gasteiger partial charge < -0.3 is 47.2 Å². The van der Waals surface area contributed by atoms with Crippen molar-refractivity contribution in [3.8, 4) is 44.5 Å². The van der Waals surface area contributed by atoms with E-state index in [0.29, 0.717) is 0 Å². The molecule has 0 saturated carbocycles. The molecule has 0 spiro atoms. The number of hydrogen-bond donors (Lipinski definition) is 2. The number of H-pyrrole nitrogens is 2. The summed E-state index contributed by atoms with van der Waals surface area (Å²) in [6.45, 7) is 0. The molecule has 320 valence electrons. The van der Waals surface area contributed by atoms with Crippen LogP contribution < -0.4 is 50.9 Å². The van der Waals surface area contributed by atoms with Crippen LogP contribution in [0.25, 0.3) is 123 Å². The molecule has 10 aromatic rings. The Balaban J connectivity index is 0.00000144. The van der Waals surface area contributed by atoms with Crippen LogP contribution in [0.4, 0.5) is 0 Å². The first kappa shape index (κ1) is 45.2. The van der Waals surface area contributed by atoms with Crippen LogP contribution in [0.3, 0.4) is 0 Å². The molecule has 8 heterocycles. The Morgan fingerprint density at radius 2 is 0.815 bits per heavy atom. The molecule has 7 nitrogen and oxygen atoms in total. The second-order valence-corrected chi connectivity index (χ2v) is 16.2. The molecule has 8 bridgehead atoms. The van der Waals surface area contributed by atoms with Crippen molar-refractivity contribution >= 4 is 78.7 Å². The monoisotopic (exact) mass is 1090 g/mol. The first-order chi connectivity index (χ1) is 29.9. The zero-order valence-electron chi connectivity index (χ0n) is 35.4. The molecule has 2 aliphatic heterocycles. The molecule has 2 N–H and O–H groups in total. The summed E-state index contributed by atoms with van der Waals surface area (Å²) in [5.41, 5.74) is 15.9. The van der Waals surface area contributed by atoms with Gasteiger partial charge in [0, 0.05) is 80.2 Å². The number of nitrogens with zero attached hydrogens (tertiary/aromatic N) is 5. The van der Waals surface area contributed by atoms with Gasteiger partial charge >= 0.3 is 22.4 Å². The molecule has 65 heavy (non-hydrogen) atoms. The molecule has 0 aliphatic carbocycles. The number of aromatic amines is 2. The van der Waals surface area contributed by atoms with Gasteiger partial charge in [0.15, 0.2) is 37.2 Å². The number of fused-ring (bicyclic) bond motifs is 8. The van der Waals surface area contributed by atoms with Gasteiger partial charge in [0.2, 0.25) is 0 Å². The van der Waals surface area contributed by atoms with Crippen LogP contribution in [-0.4, -0.2) is 19.9 Å². The Morgan fingerprint density at radius 3 is 1.32 bits per heavy atom. The zero-order chi connectivity index (χ0) is 40.8. The number of pyridine rings is 3. The van der Waals surface area contributed by atoms with Gasteiger partial charge in [-0.05, 0) is 104 Å². The molecular weight excluding hydrogens is 1050 g/mol. The van der Waals surface area contributed by atoms with E-state index in [0.717, 1.165) is 89.4 Å². The van der Waals surface area contributed by atoms with Crippen molar-refractivity contribution in [2.24, 2.45) is 21.1 Å². The van der Waals surface area contributed by atoms with Gasteiger partial charge in [0.05, 0.1) is 22.8 Å². The third kappa shape index (κ3) is 7.64. The van der Waals surface area contributed by atoms with Crippen molar-refractivity contribution < 1.29 is 73.3 Å². The minimum atomic E-state index is 0. The van der Waals surface area contributed by atoms with Gasteiger partial charge in [-0.1, -0.05) is 54.6 Å². The Labute approximate surface area is 410 Å². The van der Waals surface area contributed by atoms with Crippen molar-refractivity contribution in [2.45, 2.75) is 0 Å². The summed E-state index contributed by atoms with van der Waals surface area (Å²) in [4.78, 5) is 18.9. The number of benzene rings is 4. The molecule has 0 radical (unpaired) electrons. The van der Waals surface area contributed by atoms with Gasteiger partial charge in [-0.2, -0.15) is 0 Å². The van der Waals surface area contributed by atoms with Gasteiger partial charge in [-0.15, -0.1) is 0 Å². The van der Waals surface area contributed by atoms with E-state index in [1.807, 2.05) is 14.1 Å². The fraction of sp³-hybridized carbons (Fsp3) is 0.0556. The van der Waals surface area contributed by atoms with Crippen molar-refractivity contribution in [2.75, 3.05) is 0 Å². The van der Waals surface area contributed by atoms with Crippen LogP contribution in [0, 0.1) is 0 Å². The van der Waals surface area contributed by atoms with E-state index in [9.17, 15) is 0 Å². The minimum Gasteiger partial charge on any atom is -1.00 e. The van der Waals surface area contributed by atoms with Gasteiger partial charge in [0.1, 0.15) is 21.1 Å². The Hall–Kier alpha value is -6.42. The van der Waals surface area contributed by atoms with Gasteiger partial charge in [-0.3, -0.25) is 0 Å². The largest absolute Gasteiger partial charge is 3.00 e. The van der Waals surface area contributed by atoms with Crippen molar-refractivity contribution in [1.82, 2.24) is 19.9 Å². The summed E-state index contributed by atoms with van der Waals surface area (Å²) in [5, 5.41) is 7.46. The fourth-order valence-corrected chi connectivity index (χ4v) is 9.42. The third-order valence-electron chi connectivity index (χ3n) is 12.3. The maximum absolute atomic E-state index is 5.59. The standard InChI is InChI=1S/C54H39N7.Au.3ClH/c1-59-28-23-36(24-29-59)51-41-15-16-42(55-41)52(37-25-30-60(2)31-26-37)44-19-21-47(57-44)54(40-14-12-35-10-9-33-6-4-7-34-11-13-39(40)50(35)49(33)34)48-22-20-46(58-48)53(45-18-17-43(51)56-45)38-8-5-27-61(3)32-38;;;;/h4-32H,1-3H3,(H,55,56,57,58);;3*1H/q+2;+3;;;/p-2. The van der Waals surface area contributed by atoms with E-state index in [1.54, 1.807) is 0 Å². The molecule has 2 aliphatic rings. The predicted octanol–water partition coefficient (Wildman–Crippen LogP) is 1.70. The number of halogens is 3. The number of rotatable bonds is 4. The second kappa shape index (κ2) is 17.9. The minimum absolute atomic E-state index is 0. The molecule has 12 rings (SSSR count). The second-order valence-electron chi connectivity index (χ2n) is 16.2. The summed E-state index contributed by atoms with van der Waals surface area (Å²) >= 11 is 0. The van der Waals surface area contributed by atoms with Crippen molar-refractivity contribution in [1.29, 1.82) is 0 Å². The summed E-state index contributed by atoms with van der Waals surface area (Å²) in [6, 6.07) is 41.8. The average molecular weight is 1090 g/mol. The molecule has 0 unspecified atom stereocenters. The average Bonchev–Trinajstić information content (AvgIpc) is 4.13. The first-order valence-corrected chi connectivity index (χ1v) is 20.6. The normalized spacial score (nSPS) is 11.6. The van der Waals surface area contributed by atoms with Crippen molar-refractivity contribution in [3.05, 3.63) is 175 Å². The molecule has 0 atom stereocenters. The number of aromatic nitrogens is 7. The van der Waals surface area contributed by atoms with Gasteiger partial charge in [-0.25, -0.2) is 23.7 Å². The Kier molecular flexibility index (Phi) is 12.4. The molecule has 6 aromatic heterocycles. The summed E-state index contributed by atoms with van der Waals surface area (Å²) in [5.74, 6) is 0. The third-order valence-corrected chi connectivity index (χ3v) is 12.3. The Bertz CT molecular complexity index is 3670. The first-order valence-electron chi connectivity index (χ1n) is 20.6. The number of nitrogens with one attached hydrogen (secondary N) is 2. The van der Waals surface area contributed by atoms with Crippen molar-refractivity contribution in [3.63, 3.8) is 0 Å². The maximum Gasteiger partial charge on any atom is 3.00 e. The SMILES string of the molecule is C[n+]1ccc(-c2c3nc(c(-c4ccc[n+](C)c4)c4ccc([nH]4)c(-c4ccc5ccc6cccc7ccc4c5c67)c4nc(c(-c5cc[n+](C)cc5)c5ccc2[nH]5)C=C4)C=C3)cc1.[Au+3].[Cl-].[Cl-].[Cl-]. The topological polar surface area (TPSA) is 69.0 Å². The number of aryl methyl sites for hydroxylation is 3. The van der Waals surface area contributed by atoms with E-state index in [2.05, 4.69) is 207 Å². The van der Waals surface area contributed by atoms with E-state index < -0.39 is 0 Å². The number of hydrogen-bond acceptors (Lipinski definition) is 2. The predicted molar refractivity (Wildman–Crippen MR) is 248 cm³/mol. The quantitative estimate of drug-likeness (QED) is 0.161. The van der Waals surface area contributed by atoms with Crippen LogP contribution in [-0.2, 0) is 43.5 Å². The zero-order valence-corrected chi connectivity index (χ0v) is 39.8. The summed E-state index contributed by atoms with van der Waals surface area (Å²) in [6.07, 6.45) is 21.2. The molecule has 0 saturated heterocycles. The van der Waals surface area contributed by atoms with Crippen LogP contribution >= 0.6 is 0 Å². The molecule has 0 amide bonds. The maximum atomic E-state index is 5.59.